The Hall–Kier alpha value is -1.76. The molecule has 108 valence electrons. The zero-order valence-electron chi connectivity index (χ0n) is 11.8. The zero-order valence-corrected chi connectivity index (χ0v) is 12.6. The number of carboxylic acid groups (broad SMARTS) is 1. The number of pyridine rings is 1. The molecule has 0 amide bonds. The van der Waals surface area contributed by atoms with Gasteiger partial charge in [-0.05, 0) is 25.4 Å². The van der Waals surface area contributed by atoms with Gasteiger partial charge in [-0.15, -0.1) is 0 Å². The number of carboxylic acids is 1. The van der Waals surface area contributed by atoms with Gasteiger partial charge in [-0.3, -0.25) is 4.68 Å². The van der Waals surface area contributed by atoms with Crippen LogP contribution >= 0.6 is 11.8 Å². The lowest BCUT2D eigenvalue weighted by molar-refractivity contribution is 0.0697. The Morgan fingerprint density at radius 2 is 2.30 bits per heavy atom. The van der Waals surface area contributed by atoms with Crippen LogP contribution in [0.1, 0.15) is 22.5 Å². The normalized spacial score (nSPS) is 10.9. The first-order valence-electron chi connectivity index (χ1n) is 6.34. The van der Waals surface area contributed by atoms with Crippen LogP contribution in [-0.2, 0) is 7.05 Å². The largest absolute Gasteiger partial charge is 0.478 e. The molecule has 2 heterocycles. The van der Waals surface area contributed by atoms with Crippen molar-refractivity contribution >= 4 is 34.5 Å². The Balaban J connectivity index is 2.45. The van der Waals surface area contributed by atoms with Gasteiger partial charge in [-0.1, -0.05) is 0 Å². The summed E-state index contributed by atoms with van der Waals surface area (Å²) < 4.78 is 1.67. The average Bonchev–Trinajstić information content (AvgIpc) is 2.70. The first-order chi connectivity index (χ1) is 9.56. The fourth-order valence-corrected chi connectivity index (χ4v) is 2.62. The molecule has 0 aliphatic rings. The van der Waals surface area contributed by atoms with Gasteiger partial charge in [0.15, 0.2) is 5.65 Å². The van der Waals surface area contributed by atoms with Crippen molar-refractivity contribution in [3.63, 3.8) is 0 Å². The van der Waals surface area contributed by atoms with Crippen molar-refractivity contribution < 1.29 is 9.90 Å². The Morgan fingerprint density at radius 3 is 2.95 bits per heavy atom. The van der Waals surface area contributed by atoms with E-state index in [-0.39, 0.29) is 5.56 Å². The summed E-state index contributed by atoms with van der Waals surface area (Å²) >= 11 is 1.77. The molecular weight excluding hydrogens is 276 g/mol. The van der Waals surface area contributed by atoms with Crippen LogP contribution in [0.2, 0.25) is 0 Å². The van der Waals surface area contributed by atoms with E-state index in [1.807, 2.05) is 6.92 Å². The molecule has 0 spiro atoms. The van der Waals surface area contributed by atoms with Crippen LogP contribution in [0.5, 0.6) is 0 Å². The molecule has 2 rings (SSSR count). The van der Waals surface area contributed by atoms with E-state index in [2.05, 4.69) is 21.7 Å². The molecule has 0 saturated carbocycles. The molecule has 2 aromatic heterocycles. The van der Waals surface area contributed by atoms with E-state index in [9.17, 15) is 9.90 Å². The van der Waals surface area contributed by atoms with Gasteiger partial charge < -0.3 is 10.4 Å². The fourth-order valence-electron chi connectivity index (χ4n) is 2.19. The van der Waals surface area contributed by atoms with E-state index in [4.69, 9.17) is 0 Å². The lowest BCUT2D eigenvalue weighted by Gasteiger charge is -2.11. The second-order valence-corrected chi connectivity index (χ2v) is 5.52. The average molecular weight is 294 g/mol. The standard InChI is InChI=1S/C13H18N4O2S/c1-8-10-11(14-5-4-6-20-3)9(13(18)19)7-15-12(10)17(2)16-8/h7H,4-6H2,1-3H3,(H,14,15)(H,18,19). The minimum Gasteiger partial charge on any atom is -0.478 e. The van der Waals surface area contributed by atoms with Gasteiger partial charge in [0.25, 0.3) is 0 Å². The highest BCUT2D eigenvalue weighted by Gasteiger charge is 2.18. The summed E-state index contributed by atoms with van der Waals surface area (Å²) in [5.41, 5.74) is 2.29. The minimum absolute atomic E-state index is 0.192. The highest BCUT2D eigenvalue weighted by Crippen LogP contribution is 2.28. The topological polar surface area (TPSA) is 80.0 Å². The Labute approximate surface area is 121 Å². The number of hydrogen-bond donors (Lipinski definition) is 2. The van der Waals surface area contributed by atoms with Crippen LogP contribution in [0.15, 0.2) is 6.20 Å². The third kappa shape index (κ3) is 2.72. The molecule has 0 unspecified atom stereocenters. The second-order valence-electron chi connectivity index (χ2n) is 4.53. The molecule has 2 aromatic rings. The Kier molecular flexibility index (Phi) is 4.49. The SMILES string of the molecule is CSCCCNc1c(C(=O)O)cnc2c1c(C)nn2C. The maximum atomic E-state index is 11.4. The molecule has 2 N–H and O–H groups in total. The smallest absolute Gasteiger partial charge is 0.339 e. The van der Waals surface area contributed by atoms with Crippen molar-refractivity contribution in [1.29, 1.82) is 0 Å². The van der Waals surface area contributed by atoms with Gasteiger partial charge in [0.05, 0.1) is 16.8 Å². The lowest BCUT2D eigenvalue weighted by Crippen LogP contribution is -2.10. The van der Waals surface area contributed by atoms with Crippen molar-refractivity contribution in [2.45, 2.75) is 13.3 Å². The number of thioether (sulfide) groups is 1. The molecule has 20 heavy (non-hydrogen) atoms. The second kappa shape index (κ2) is 6.13. The van der Waals surface area contributed by atoms with Gasteiger partial charge in [0.2, 0.25) is 0 Å². The molecule has 0 fully saturated rings. The van der Waals surface area contributed by atoms with Crippen LogP contribution in [0.3, 0.4) is 0 Å². The summed E-state index contributed by atoms with van der Waals surface area (Å²) in [6, 6.07) is 0. The van der Waals surface area contributed by atoms with Crippen LogP contribution in [0, 0.1) is 6.92 Å². The van der Waals surface area contributed by atoms with Crippen LogP contribution in [0.4, 0.5) is 5.69 Å². The van der Waals surface area contributed by atoms with E-state index in [1.54, 1.807) is 23.5 Å². The number of aryl methyl sites for hydroxylation is 2. The fraction of sp³-hybridized carbons (Fsp3) is 0.462. The van der Waals surface area contributed by atoms with E-state index in [1.165, 1.54) is 6.20 Å². The molecule has 6 nitrogen and oxygen atoms in total. The van der Waals surface area contributed by atoms with Crippen molar-refractivity contribution in [1.82, 2.24) is 14.8 Å². The predicted molar refractivity (Wildman–Crippen MR) is 81.7 cm³/mol. The minimum atomic E-state index is -0.977. The number of carbonyl (C=O) groups is 1. The summed E-state index contributed by atoms with van der Waals surface area (Å²) in [7, 11) is 1.81. The summed E-state index contributed by atoms with van der Waals surface area (Å²) in [5.74, 6) is 0.0605. The van der Waals surface area contributed by atoms with Crippen LogP contribution in [-0.4, -0.2) is 44.4 Å². The van der Waals surface area contributed by atoms with Crippen molar-refractivity contribution in [2.24, 2.45) is 7.05 Å². The quantitative estimate of drug-likeness (QED) is 0.795. The van der Waals surface area contributed by atoms with Gasteiger partial charge in [-0.2, -0.15) is 16.9 Å². The van der Waals surface area contributed by atoms with Crippen LogP contribution in [0.25, 0.3) is 11.0 Å². The van der Waals surface area contributed by atoms with Gasteiger partial charge in [-0.25, -0.2) is 9.78 Å². The van der Waals surface area contributed by atoms with Crippen LogP contribution < -0.4 is 5.32 Å². The highest BCUT2D eigenvalue weighted by atomic mass is 32.2. The van der Waals surface area contributed by atoms with Crippen molar-refractivity contribution in [3.05, 3.63) is 17.5 Å². The molecule has 0 bridgehead atoms. The first kappa shape index (κ1) is 14.6. The van der Waals surface area contributed by atoms with E-state index < -0.39 is 5.97 Å². The zero-order chi connectivity index (χ0) is 14.7. The number of anilines is 1. The number of fused-ring (bicyclic) bond motifs is 1. The predicted octanol–water partition coefficient (Wildman–Crippen LogP) is 2.14. The van der Waals surface area contributed by atoms with E-state index in [0.717, 1.165) is 29.8 Å². The van der Waals surface area contributed by atoms with Gasteiger partial charge >= 0.3 is 5.97 Å². The third-order valence-corrected chi connectivity index (χ3v) is 3.78. The molecule has 0 aromatic carbocycles. The highest BCUT2D eigenvalue weighted by molar-refractivity contribution is 7.98. The molecule has 0 aliphatic carbocycles. The molecule has 0 saturated heterocycles. The number of aromatic nitrogens is 3. The number of aromatic carboxylic acids is 1. The van der Waals surface area contributed by atoms with Crippen molar-refractivity contribution in [3.8, 4) is 0 Å². The molecule has 0 aliphatic heterocycles. The monoisotopic (exact) mass is 294 g/mol. The molecule has 7 heteroatoms. The number of rotatable bonds is 6. The van der Waals surface area contributed by atoms with Crippen molar-refractivity contribution in [2.75, 3.05) is 23.9 Å². The summed E-state index contributed by atoms with van der Waals surface area (Å²) in [6.07, 6.45) is 4.42. The lowest BCUT2D eigenvalue weighted by atomic mass is 10.1. The number of hydrogen-bond acceptors (Lipinski definition) is 5. The number of nitrogens with one attached hydrogen (secondary N) is 1. The maximum absolute atomic E-state index is 11.4. The van der Waals surface area contributed by atoms with Gasteiger partial charge in [0, 0.05) is 19.8 Å². The summed E-state index contributed by atoms with van der Waals surface area (Å²) in [6.45, 7) is 2.59. The van der Waals surface area contributed by atoms with Gasteiger partial charge in [0.1, 0.15) is 5.56 Å². The van der Waals surface area contributed by atoms with E-state index >= 15 is 0 Å². The first-order valence-corrected chi connectivity index (χ1v) is 7.74. The molecule has 0 atom stereocenters. The maximum Gasteiger partial charge on any atom is 0.339 e. The Morgan fingerprint density at radius 1 is 1.55 bits per heavy atom. The number of nitrogens with zero attached hydrogens (tertiary/aromatic N) is 3. The van der Waals surface area contributed by atoms with E-state index in [0.29, 0.717) is 11.3 Å². The summed E-state index contributed by atoms with van der Waals surface area (Å²) in [4.78, 5) is 15.6. The summed E-state index contributed by atoms with van der Waals surface area (Å²) in [5, 5.41) is 17.7. The molecule has 0 radical (unpaired) electrons. The molecular formula is C13H18N4O2S. The third-order valence-electron chi connectivity index (χ3n) is 3.08. The Bertz CT molecular complexity index is 639.